The fourth-order valence-corrected chi connectivity index (χ4v) is 1.52. The monoisotopic (exact) mass is 266 g/mol. The fourth-order valence-electron chi connectivity index (χ4n) is 1.52. The molecule has 0 spiro atoms. The third kappa shape index (κ3) is 5.12. The second kappa shape index (κ2) is 8.29. The molecule has 0 amide bonds. The topological polar surface area (TPSA) is 52.6 Å². The zero-order chi connectivity index (χ0) is 15.9. The molecule has 4 heteroatoms. The lowest BCUT2D eigenvalue weighted by atomic mass is 9.99. The highest BCUT2D eigenvalue weighted by Gasteiger charge is 2.28. The molecule has 0 aliphatic rings. The Kier molecular flexibility index (Phi) is 5.33. The van der Waals surface area contributed by atoms with Crippen LogP contribution in [0.15, 0.2) is 30.3 Å². The lowest BCUT2D eigenvalue weighted by Gasteiger charge is -2.14. The Labute approximate surface area is 116 Å². The number of rotatable bonds is 7. The van der Waals surface area contributed by atoms with Crippen molar-refractivity contribution in [3.05, 3.63) is 35.9 Å². The Morgan fingerprint density at radius 3 is 2.11 bits per heavy atom. The maximum atomic E-state index is 11.9. The smallest absolute Gasteiger partial charge is 0.320 e. The van der Waals surface area contributed by atoms with E-state index in [-0.39, 0.29) is 19.6 Å². The van der Waals surface area contributed by atoms with Gasteiger partial charge in [-0.1, -0.05) is 30.3 Å². The van der Waals surface area contributed by atoms with Gasteiger partial charge in [0.25, 0.3) is 0 Å². The first-order valence-corrected chi connectivity index (χ1v) is 6.31. The van der Waals surface area contributed by atoms with E-state index >= 15 is 0 Å². The molecule has 0 saturated carbocycles. The average Bonchev–Trinajstić information content (AvgIpc) is 2.46. The van der Waals surface area contributed by atoms with Gasteiger partial charge in [0, 0.05) is 2.74 Å². The van der Waals surface area contributed by atoms with Crippen molar-refractivity contribution >= 4 is 11.9 Å². The lowest BCUT2D eigenvalue weighted by molar-refractivity contribution is -0.161. The summed E-state index contributed by atoms with van der Waals surface area (Å²) in [6.45, 7) is 3.52. The van der Waals surface area contributed by atoms with Gasteiger partial charge in [-0.05, 0) is 32.2 Å². The van der Waals surface area contributed by atoms with E-state index in [4.69, 9.17) is 12.2 Å². The summed E-state index contributed by atoms with van der Waals surface area (Å²) in [6.07, 6.45) is -2.14. The predicted octanol–water partition coefficient (Wildman–Crippen LogP) is 2.36. The van der Waals surface area contributed by atoms with Crippen molar-refractivity contribution in [2.24, 2.45) is 5.92 Å². The summed E-state index contributed by atoms with van der Waals surface area (Å²) in [5.41, 5.74) is 0.406. The van der Waals surface area contributed by atoms with Crippen molar-refractivity contribution in [1.82, 2.24) is 0 Å². The first-order chi connectivity index (χ1) is 9.92. The van der Waals surface area contributed by atoms with Crippen molar-refractivity contribution in [1.29, 1.82) is 0 Å². The SMILES string of the molecule is [2H]C([2H])(CC(C(=O)OCC)C(=O)OCC)c1ccccc1. The zero-order valence-electron chi connectivity index (χ0n) is 13.2. The lowest BCUT2D eigenvalue weighted by Crippen LogP contribution is -2.28. The van der Waals surface area contributed by atoms with Crippen molar-refractivity contribution < 1.29 is 21.8 Å². The van der Waals surface area contributed by atoms with Gasteiger partial charge >= 0.3 is 11.9 Å². The highest BCUT2D eigenvalue weighted by atomic mass is 16.6. The molecule has 1 aromatic carbocycles. The quantitative estimate of drug-likeness (QED) is 0.561. The second-order valence-corrected chi connectivity index (χ2v) is 3.80. The summed E-state index contributed by atoms with van der Waals surface area (Å²) in [5, 5.41) is 0. The van der Waals surface area contributed by atoms with Crippen LogP contribution < -0.4 is 0 Å². The van der Waals surface area contributed by atoms with E-state index in [0.717, 1.165) is 0 Å². The summed E-state index contributed by atoms with van der Waals surface area (Å²) >= 11 is 0. The third-order valence-corrected chi connectivity index (χ3v) is 2.43. The molecule has 104 valence electrons. The third-order valence-electron chi connectivity index (χ3n) is 2.43. The summed E-state index contributed by atoms with van der Waals surface area (Å²) < 4.78 is 25.9. The maximum Gasteiger partial charge on any atom is 0.320 e. The molecule has 19 heavy (non-hydrogen) atoms. The Bertz CT molecular complexity index is 456. The summed E-state index contributed by atoms with van der Waals surface area (Å²) in [5.74, 6) is -2.77. The standard InChI is InChI=1S/C15H20O4/c1-3-18-14(16)13(15(17)19-4-2)11-10-12-8-6-5-7-9-12/h5-9,13H,3-4,10-11H2,1-2H3/i10D2. The zero-order valence-corrected chi connectivity index (χ0v) is 11.2. The molecule has 0 aromatic heterocycles. The van der Waals surface area contributed by atoms with E-state index in [1.807, 2.05) is 0 Å². The second-order valence-electron chi connectivity index (χ2n) is 3.80. The van der Waals surface area contributed by atoms with Crippen molar-refractivity contribution in [2.75, 3.05) is 13.2 Å². The molecule has 0 unspecified atom stereocenters. The van der Waals surface area contributed by atoms with Gasteiger partial charge in [0.2, 0.25) is 0 Å². The number of esters is 2. The molecule has 0 N–H and O–H groups in total. The average molecular weight is 266 g/mol. The van der Waals surface area contributed by atoms with Crippen LogP contribution in [-0.4, -0.2) is 25.2 Å². The van der Waals surface area contributed by atoms with Crippen molar-refractivity contribution in [3.63, 3.8) is 0 Å². The Morgan fingerprint density at radius 2 is 1.63 bits per heavy atom. The van der Waals surface area contributed by atoms with Crippen LogP contribution in [0.4, 0.5) is 0 Å². The van der Waals surface area contributed by atoms with Gasteiger partial charge in [0.1, 0.15) is 0 Å². The molecular weight excluding hydrogens is 244 g/mol. The van der Waals surface area contributed by atoms with E-state index in [9.17, 15) is 9.59 Å². The number of ether oxygens (including phenoxy) is 2. The van der Waals surface area contributed by atoms with Crippen LogP contribution in [-0.2, 0) is 25.4 Å². The first kappa shape index (κ1) is 12.2. The summed E-state index contributed by atoms with van der Waals surface area (Å²) in [6, 6.07) is 8.42. The van der Waals surface area contributed by atoms with Crippen LogP contribution in [0.5, 0.6) is 0 Å². The Hall–Kier alpha value is -1.84. The molecule has 0 bridgehead atoms. The number of benzene rings is 1. The molecule has 1 rings (SSSR count). The van der Waals surface area contributed by atoms with E-state index < -0.39 is 24.2 Å². The maximum absolute atomic E-state index is 11.9. The van der Waals surface area contributed by atoms with E-state index in [0.29, 0.717) is 5.56 Å². The largest absolute Gasteiger partial charge is 0.465 e. The van der Waals surface area contributed by atoms with Gasteiger partial charge in [0.05, 0.1) is 13.2 Å². The van der Waals surface area contributed by atoms with Gasteiger partial charge in [-0.25, -0.2) is 0 Å². The number of hydrogen-bond acceptors (Lipinski definition) is 4. The minimum Gasteiger partial charge on any atom is -0.465 e. The van der Waals surface area contributed by atoms with Crippen molar-refractivity contribution in [2.45, 2.75) is 26.6 Å². The van der Waals surface area contributed by atoms with E-state index in [1.165, 1.54) is 0 Å². The Morgan fingerprint density at radius 1 is 1.11 bits per heavy atom. The predicted molar refractivity (Wildman–Crippen MR) is 71.5 cm³/mol. The molecular formula is C15H20O4. The molecule has 4 nitrogen and oxygen atoms in total. The molecule has 1 aromatic rings. The molecule has 0 aliphatic heterocycles. The number of carbonyl (C=O) groups excluding carboxylic acids is 2. The molecule has 0 saturated heterocycles. The fraction of sp³-hybridized carbons (Fsp3) is 0.467. The van der Waals surface area contributed by atoms with Crippen LogP contribution in [0.3, 0.4) is 0 Å². The van der Waals surface area contributed by atoms with Crippen LogP contribution >= 0.6 is 0 Å². The number of aryl methyl sites for hydroxylation is 1. The van der Waals surface area contributed by atoms with Gasteiger partial charge in [-0.15, -0.1) is 0 Å². The minimum atomic E-state index is -1.83. The highest BCUT2D eigenvalue weighted by Crippen LogP contribution is 2.13. The van der Waals surface area contributed by atoms with Crippen LogP contribution in [0.25, 0.3) is 0 Å². The van der Waals surface area contributed by atoms with Crippen LogP contribution in [0.2, 0.25) is 0 Å². The van der Waals surface area contributed by atoms with Gasteiger partial charge in [0.15, 0.2) is 5.92 Å². The molecule has 0 aliphatic carbocycles. The van der Waals surface area contributed by atoms with E-state index in [2.05, 4.69) is 0 Å². The minimum absolute atomic E-state index is 0.128. The molecule has 0 atom stereocenters. The number of carbonyl (C=O) groups is 2. The van der Waals surface area contributed by atoms with Crippen LogP contribution in [0, 0.1) is 5.92 Å². The first-order valence-electron chi connectivity index (χ1n) is 7.31. The summed E-state index contributed by atoms with van der Waals surface area (Å²) in [4.78, 5) is 23.8. The summed E-state index contributed by atoms with van der Waals surface area (Å²) in [7, 11) is 0. The van der Waals surface area contributed by atoms with Crippen LogP contribution in [0.1, 0.15) is 28.6 Å². The van der Waals surface area contributed by atoms with Gasteiger partial charge < -0.3 is 9.47 Å². The normalized spacial score (nSPS) is 12.6. The van der Waals surface area contributed by atoms with Gasteiger partial charge in [-0.2, -0.15) is 0 Å². The van der Waals surface area contributed by atoms with Gasteiger partial charge in [-0.3, -0.25) is 9.59 Å². The highest BCUT2D eigenvalue weighted by molar-refractivity contribution is 5.94. The number of hydrogen-bond donors (Lipinski definition) is 0. The Balaban J connectivity index is 2.94. The molecule has 0 heterocycles. The van der Waals surface area contributed by atoms with E-state index in [1.54, 1.807) is 44.2 Å². The molecule has 0 fully saturated rings. The molecule has 0 radical (unpaired) electrons. The van der Waals surface area contributed by atoms with Crippen molar-refractivity contribution in [3.8, 4) is 0 Å².